The zero-order valence-corrected chi connectivity index (χ0v) is 22.8. The van der Waals surface area contributed by atoms with Gasteiger partial charge in [-0.3, -0.25) is 0 Å². The Hall–Kier alpha value is -1.38. The van der Waals surface area contributed by atoms with Crippen molar-refractivity contribution in [3.8, 4) is 0 Å². The number of nitrogens with one attached hydrogen (secondary N) is 1. The first-order valence-electron chi connectivity index (χ1n) is 10.8. The summed E-state index contributed by atoms with van der Waals surface area (Å²) in [5.41, 5.74) is -0.706. The molecule has 4 nitrogen and oxygen atoms in total. The minimum Gasteiger partial charge on any atom is -0.444 e. The Kier molecular flexibility index (Phi) is 9.58. The Morgan fingerprint density at radius 3 is 1.81 bits per heavy atom. The maximum Gasteiger partial charge on any atom is 0.407 e. The van der Waals surface area contributed by atoms with E-state index in [-0.39, 0.29) is 17.6 Å². The minimum atomic E-state index is -1.97. The van der Waals surface area contributed by atoms with Gasteiger partial charge in [0, 0.05) is 4.43 Å². The summed E-state index contributed by atoms with van der Waals surface area (Å²) in [6.45, 7) is 12.2. The van der Waals surface area contributed by atoms with Gasteiger partial charge < -0.3 is 14.5 Å². The number of rotatable bonds is 8. The van der Waals surface area contributed by atoms with Gasteiger partial charge in [0.15, 0.2) is 0 Å². The van der Waals surface area contributed by atoms with E-state index < -0.39 is 20.7 Å². The Morgan fingerprint density at radius 1 is 0.935 bits per heavy atom. The molecule has 0 fully saturated rings. The second-order valence-electron chi connectivity index (χ2n) is 9.85. The molecule has 0 aliphatic rings. The van der Waals surface area contributed by atoms with Crippen LogP contribution in [-0.2, 0) is 9.16 Å². The second-order valence-corrected chi connectivity index (χ2v) is 13.3. The smallest absolute Gasteiger partial charge is 0.407 e. The van der Waals surface area contributed by atoms with E-state index in [1.54, 1.807) is 0 Å². The van der Waals surface area contributed by atoms with Crippen LogP contribution in [0.4, 0.5) is 4.79 Å². The SMILES string of the molecule is CC(C)(C)OC(=O)N[C@@H](CCI)C(O[SiH](c1ccccc1)c1ccccc1)C(C)(C)C. The number of halogens is 1. The molecule has 0 heterocycles. The normalized spacial score (nSPS) is 14.2. The fraction of sp³-hybridized carbons (Fsp3) is 0.480. The van der Waals surface area contributed by atoms with Crippen LogP contribution in [0.5, 0.6) is 0 Å². The van der Waals surface area contributed by atoms with Crippen LogP contribution in [0.3, 0.4) is 0 Å². The van der Waals surface area contributed by atoms with Crippen molar-refractivity contribution in [2.24, 2.45) is 5.41 Å². The lowest BCUT2D eigenvalue weighted by atomic mass is 9.84. The molecule has 2 atom stereocenters. The van der Waals surface area contributed by atoms with E-state index in [2.05, 4.69) is 97.2 Å². The second kappa shape index (κ2) is 11.5. The Bertz CT molecular complexity index is 764. The highest BCUT2D eigenvalue weighted by Gasteiger charge is 2.37. The molecular formula is C25H36INO3Si. The van der Waals surface area contributed by atoms with Gasteiger partial charge in [0.2, 0.25) is 9.04 Å². The van der Waals surface area contributed by atoms with Crippen LogP contribution in [0, 0.1) is 5.41 Å². The molecular weight excluding hydrogens is 517 g/mol. The predicted octanol–water partition coefficient (Wildman–Crippen LogP) is 4.67. The van der Waals surface area contributed by atoms with Gasteiger partial charge in [0.25, 0.3) is 0 Å². The van der Waals surface area contributed by atoms with Gasteiger partial charge >= 0.3 is 6.09 Å². The summed E-state index contributed by atoms with van der Waals surface area (Å²) in [7, 11) is -1.97. The van der Waals surface area contributed by atoms with Gasteiger partial charge in [0.05, 0.1) is 12.1 Å². The van der Waals surface area contributed by atoms with Crippen LogP contribution in [0.25, 0.3) is 0 Å². The van der Waals surface area contributed by atoms with Crippen molar-refractivity contribution < 1.29 is 14.0 Å². The fourth-order valence-electron chi connectivity index (χ4n) is 3.53. The van der Waals surface area contributed by atoms with Crippen LogP contribution in [0.1, 0.15) is 48.0 Å². The molecule has 0 saturated heterocycles. The Balaban J connectivity index is 2.38. The van der Waals surface area contributed by atoms with Crippen molar-refractivity contribution >= 4 is 48.1 Å². The number of benzene rings is 2. The van der Waals surface area contributed by atoms with Crippen LogP contribution in [0.15, 0.2) is 60.7 Å². The molecule has 0 saturated carbocycles. The van der Waals surface area contributed by atoms with Gasteiger partial charge in [-0.05, 0) is 43.0 Å². The van der Waals surface area contributed by atoms with E-state index in [0.29, 0.717) is 0 Å². The fourth-order valence-corrected chi connectivity index (χ4v) is 6.94. The molecule has 31 heavy (non-hydrogen) atoms. The van der Waals surface area contributed by atoms with Crippen molar-refractivity contribution in [3.05, 3.63) is 60.7 Å². The lowest BCUT2D eigenvalue weighted by molar-refractivity contribution is 0.0265. The number of carbonyl (C=O) groups excluding carboxylic acids is 1. The first kappa shape index (κ1) is 25.9. The molecule has 2 aromatic rings. The highest BCUT2D eigenvalue weighted by molar-refractivity contribution is 14.1. The van der Waals surface area contributed by atoms with Crippen LogP contribution >= 0.6 is 22.6 Å². The summed E-state index contributed by atoms with van der Waals surface area (Å²) in [5, 5.41) is 5.58. The molecule has 1 amide bonds. The van der Waals surface area contributed by atoms with Gasteiger partial charge in [-0.1, -0.05) is 104 Å². The predicted molar refractivity (Wildman–Crippen MR) is 140 cm³/mol. The summed E-state index contributed by atoms with van der Waals surface area (Å²) >= 11 is 2.36. The number of alkyl halides is 1. The monoisotopic (exact) mass is 553 g/mol. The molecule has 2 rings (SSSR count). The molecule has 6 heteroatoms. The quantitative estimate of drug-likeness (QED) is 0.294. The van der Waals surface area contributed by atoms with E-state index >= 15 is 0 Å². The molecule has 0 aliphatic heterocycles. The molecule has 0 spiro atoms. The molecule has 1 unspecified atom stereocenters. The molecule has 0 bridgehead atoms. The van der Waals surface area contributed by atoms with Crippen LogP contribution in [0.2, 0.25) is 0 Å². The summed E-state index contributed by atoms with van der Waals surface area (Å²) in [6, 6.07) is 20.8. The molecule has 170 valence electrons. The Labute approximate surface area is 203 Å². The first-order valence-corrected chi connectivity index (χ1v) is 14.0. The van der Waals surface area contributed by atoms with Gasteiger partial charge in [-0.2, -0.15) is 0 Å². The number of hydrogen-bond acceptors (Lipinski definition) is 3. The standard InChI is InChI=1S/C25H36INO3Si/c1-24(2,3)22(21(17-18-26)27-23(28)29-25(4,5)6)30-31(19-13-9-7-10-14-19)20-15-11-8-12-16-20/h7-16,21-22,31H,17-18H2,1-6H3,(H,27,28)/t21-,22?/m0/s1. The third-order valence-electron chi connectivity index (χ3n) is 4.83. The summed E-state index contributed by atoms with van der Waals surface area (Å²) < 4.78 is 13.5. The van der Waals surface area contributed by atoms with Crippen molar-refractivity contribution in [1.29, 1.82) is 0 Å². The average Bonchev–Trinajstić information content (AvgIpc) is 2.67. The number of hydrogen-bond donors (Lipinski definition) is 1. The van der Waals surface area contributed by atoms with E-state index in [1.165, 1.54) is 10.4 Å². The third kappa shape index (κ3) is 8.58. The maximum absolute atomic E-state index is 12.6. The largest absolute Gasteiger partial charge is 0.444 e. The van der Waals surface area contributed by atoms with Crippen molar-refractivity contribution in [2.75, 3.05) is 4.43 Å². The van der Waals surface area contributed by atoms with E-state index in [4.69, 9.17) is 9.16 Å². The van der Waals surface area contributed by atoms with Gasteiger partial charge in [-0.25, -0.2) is 4.79 Å². The zero-order chi connectivity index (χ0) is 23.1. The highest BCUT2D eigenvalue weighted by atomic mass is 127. The molecule has 0 radical (unpaired) electrons. The summed E-state index contributed by atoms with van der Waals surface area (Å²) in [4.78, 5) is 12.6. The lowest BCUT2D eigenvalue weighted by Gasteiger charge is -2.40. The third-order valence-corrected chi connectivity index (χ3v) is 8.00. The van der Waals surface area contributed by atoms with Crippen molar-refractivity contribution in [3.63, 3.8) is 0 Å². The van der Waals surface area contributed by atoms with E-state index in [9.17, 15) is 4.79 Å². The van der Waals surface area contributed by atoms with E-state index in [1.807, 2.05) is 32.9 Å². The van der Waals surface area contributed by atoms with Crippen molar-refractivity contribution in [1.82, 2.24) is 5.32 Å². The van der Waals surface area contributed by atoms with Crippen LogP contribution in [-0.4, -0.2) is 37.3 Å². The molecule has 0 aromatic heterocycles. The number of carbonyl (C=O) groups is 1. The average molecular weight is 554 g/mol. The molecule has 0 aliphatic carbocycles. The van der Waals surface area contributed by atoms with Gasteiger partial charge in [0.1, 0.15) is 5.60 Å². The number of amides is 1. The lowest BCUT2D eigenvalue weighted by Crippen LogP contribution is -2.57. The zero-order valence-electron chi connectivity index (χ0n) is 19.5. The first-order chi connectivity index (χ1) is 14.5. The maximum atomic E-state index is 12.6. The van der Waals surface area contributed by atoms with Crippen molar-refractivity contribution in [2.45, 2.75) is 65.7 Å². The van der Waals surface area contributed by atoms with Crippen LogP contribution < -0.4 is 15.7 Å². The Morgan fingerprint density at radius 2 is 1.42 bits per heavy atom. The summed E-state index contributed by atoms with van der Waals surface area (Å²) in [5.74, 6) is 0. The number of alkyl carbamates (subject to hydrolysis) is 1. The minimum absolute atomic E-state index is 0.144. The molecule has 2 aromatic carbocycles. The van der Waals surface area contributed by atoms with E-state index in [0.717, 1.165) is 10.8 Å². The summed E-state index contributed by atoms with van der Waals surface area (Å²) in [6.07, 6.45) is 0.261. The highest BCUT2D eigenvalue weighted by Crippen LogP contribution is 2.28. The number of ether oxygens (including phenoxy) is 1. The van der Waals surface area contributed by atoms with Gasteiger partial charge in [-0.15, -0.1) is 0 Å². The topological polar surface area (TPSA) is 47.6 Å². The molecule has 1 N–H and O–H groups in total.